The molecule has 2 aliphatic rings. The van der Waals surface area contributed by atoms with Crippen molar-refractivity contribution in [2.75, 3.05) is 0 Å². The summed E-state index contributed by atoms with van der Waals surface area (Å²) in [5.41, 5.74) is 0. The summed E-state index contributed by atoms with van der Waals surface area (Å²) in [6.07, 6.45) is 13.7. The van der Waals surface area contributed by atoms with Crippen LogP contribution in [0.5, 0.6) is 0 Å². The lowest BCUT2D eigenvalue weighted by atomic mass is 10.1. The van der Waals surface area contributed by atoms with E-state index in [1.807, 2.05) is 6.08 Å². The van der Waals surface area contributed by atoms with Gasteiger partial charge in [-0.2, -0.15) is 0 Å². The van der Waals surface area contributed by atoms with Crippen molar-refractivity contribution in [3.8, 4) is 12.3 Å². The predicted octanol–water partition coefficient (Wildman–Crippen LogP) is 3.82. The van der Waals surface area contributed by atoms with Crippen molar-refractivity contribution >= 4 is 31.9 Å². The molecule has 0 unspecified atom stereocenters. The van der Waals surface area contributed by atoms with E-state index in [0.29, 0.717) is 9.65 Å². The number of fused-ring (bicyclic) bond motifs is 2. The molecule has 19 heavy (non-hydrogen) atoms. The van der Waals surface area contributed by atoms with Crippen LogP contribution < -0.4 is 0 Å². The van der Waals surface area contributed by atoms with E-state index < -0.39 is 0 Å². The van der Waals surface area contributed by atoms with E-state index in [9.17, 15) is 0 Å². The quantitative estimate of drug-likeness (QED) is 0.535. The number of hydrogen-bond donors (Lipinski definition) is 0. The lowest BCUT2D eigenvalue weighted by Gasteiger charge is -2.30. The summed E-state index contributed by atoms with van der Waals surface area (Å²) in [5, 5.41) is 0. The highest BCUT2D eigenvalue weighted by Gasteiger charge is 2.44. The molecule has 4 heteroatoms. The molecule has 2 nitrogen and oxygen atoms in total. The van der Waals surface area contributed by atoms with E-state index in [-0.39, 0.29) is 24.4 Å². The molecule has 2 rings (SSSR count). The van der Waals surface area contributed by atoms with Gasteiger partial charge in [-0.1, -0.05) is 50.8 Å². The maximum Gasteiger partial charge on any atom is 0.0876 e. The highest BCUT2D eigenvalue weighted by molar-refractivity contribution is 9.09. The molecule has 2 aliphatic heterocycles. The fraction of sp³-hybridized carbons (Fsp3) is 0.733. The van der Waals surface area contributed by atoms with Crippen LogP contribution >= 0.6 is 31.9 Å². The summed E-state index contributed by atoms with van der Waals surface area (Å²) < 4.78 is 12.4. The fourth-order valence-electron chi connectivity index (χ4n) is 2.75. The first-order chi connectivity index (χ1) is 9.15. The monoisotopic (exact) mass is 390 g/mol. The molecule has 0 aliphatic carbocycles. The molecule has 0 spiro atoms. The predicted molar refractivity (Wildman–Crippen MR) is 84.9 cm³/mol. The molecule has 2 bridgehead atoms. The van der Waals surface area contributed by atoms with E-state index in [0.717, 1.165) is 25.7 Å². The second-order valence-corrected chi connectivity index (χ2v) is 7.49. The van der Waals surface area contributed by atoms with Crippen LogP contribution in [0, 0.1) is 12.3 Å². The molecule has 0 saturated carbocycles. The van der Waals surface area contributed by atoms with Crippen LogP contribution in [-0.4, -0.2) is 34.1 Å². The zero-order valence-corrected chi connectivity index (χ0v) is 14.3. The average Bonchev–Trinajstić information content (AvgIpc) is 2.72. The van der Waals surface area contributed by atoms with Crippen LogP contribution in [0.3, 0.4) is 0 Å². The molecule has 2 heterocycles. The maximum atomic E-state index is 6.28. The van der Waals surface area contributed by atoms with Crippen molar-refractivity contribution in [2.24, 2.45) is 0 Å². The molecule has 0 radical (unpaired) electrons. The lowest BCUT2D eigenvalue weighted by molar-refractivity contribution is -0.0732. The normalized spacial score (nSPS) is 40.0. The minimum absolute atomic E-state index is 0.133. The molecule has 0 aromatic heterocycles. The van der Waals surface area contributed by atoms with Crippen molar-refractivity contribution in [1.29, 1.82) is 0 Å². The number of rotatable bonds is 4. The zero-order valence-electron chi connectivity index (χ0n) is 11.1. The molecule has 106 valence electrons. The Balaban J connectivity index is 2.02. The number of terminal acetylenes is 1. The van der Waals surface area contributed by atoms with Crippen molar-refractivity contribution < 1.29 is 9.47 Å². The summed E-state index contributed by atoms with van der Waals surface area (Å²) in [6.45, 7) is 2.18. The van der Waals surface area contributed by atoms with Gasteiger partial charge in [-0.25, -0.2) is 0 Å². The molecule has 0 aromatic carbocycles. The summed E-state index contributed by atoms with van der Waals surface area (Å²) in [4.78, 5) is 0.782. The lowest BCUT2D eigenvalue weighted by Crippen LogP contribution is -2.36. The van der Waals surface area contributed by atoms with Crippen molar-refractivity contribution in [3.63, 3.8) is 0 Å². The topological polar surface area (TPSA) is 18.5 Å². The van der Waals surface area contributed by atoms with Gasteiger partial charge < -0.3 is 9.47 Å². The SMILES string of the molecule is C#C/C=C\C[C@H]1O[C@@H]2C[C@H]1O[C@@H]([C@@H](Br)CC)C[C@H]2Br. The molecule has 2 saturated heterocycles. The van der Waals surface area contributed by atoms with Gasteiger partial charge in [-0.3, -0.25) is 0 Å². The van der Waals surface area contributed by atoms with Gasteiger partial charge in [0, 0.05) is 16.1 Å². The van der Waals surface area contributed by atoms with E-state index >= 15 is 0 Å². The molecule has 6 atom stereocenters. The number of ether oxygens (including phenoxy) is 2. The van der Waals surface area contributed by atoms with Gasteiger partial charge in [-0.05, 0) is 25.3 Å². The van der Waals surface area contributed by atoms with Crippen LogP contribution in [0.15, 0.2) is 12.2 Å². The highest BCUT2D eigenvalue weighted by Crippen LogP contribution is 2.38. The van der Waals surface area contributed by atoms with Crippen molar-refractivity contribution in [3.05, 3.63) is 12.2 Å². The number of halogens is 2. The smallest absolute Gasteiger partial charge is 0.0876 e. The third-order valence-corrected chi connectivity index (χ3v) is 6.02. The second kappa shape index (κ2) is 7.26. The van der Waals surface area contributed by atoms with Gasteiger partial charge in [-0.15, -0.1) is 6.42 Å². The number of allylic oxidation sites excluding steroid dienone is 1. The first kappa shape index (κ1) is 15.6. The Kier molecular flexibility index (Phi) is 5.95. The van der Waals surface area contributed by atoms with Gasteiger partial charge in [0.1, 0.15) is 0 Å². The molecule has 0 aromatic rings. The van der Waals surface area contributed by atoms with Crippen molar-refractivity contribution in [2.45, 2.75) is 66.7 Å². The summed E-state index contributed by atoms with van der Waals surface area (Å²) in [6, 6.07) is 0. The van der Waals surface area contributed by atoms with Gasteiger partial charge in [0.2, 0.25) is 0 Å². The van der Waals surface area contributed by atoms with Crippen molar-refractivity contribution in [1.82, 2.24) is 0 Å². The third kappa shape index (κ3) is 3.85. The molecule has 0 amide bonds. The maximum absolute atomic E-state index is 6.28. The van der Waals surface area contributed by atoms with E-state index in [4.69, 9.17) is 15.9 Å². The molecule has 0 N–H and O–H groups in total. The van der Waals surface area contributed by atoms with Gasteiger partial charge in [0.25, 0.3) is 0 Å². The number of hydrogen-bond acceptors (Lipinski definition) is 2. The fourth-order valence-corrected chi connectivity index (χ4v) is 3.80. The molecule has 2 fully saturated rings. The summed E-state index contributed by atoms with van der Waals surface area (Å²) in [5.74, 6) is 2.51. The standard InChI is InChI=1S/C15H20Br2O2/c1-3-5-6-7-12-15-9-14(18-12)11(17)8-13(19-15)10(16)4-2/h1,5-6,10-15H,4,7-9H2,2H3/b6-5-/t10-,11+,12+,13+,14+,15+/m0/s1. The van der Waals surface area contributed by atoms with Crippen LogP contribution in [-0.2, 0) is 9.47 Å². The highest BCUT2D eigenvalue weighted by atomic mass is 79.9. The van der Waals surface area contributed by atoms with E-state index in [1.165, 1.54) is 0 Å². The van der Waals surface area contributed by atoms with E-state index in [1.54, 1.807) is 6.08 Å². The Morgan fingerprint density at radius 1 is 1.37 bits per heavy atom. The van der Waals surface area contributed by atoms with Crippen LogP contribution in [0.25, 0.3) is 0 Å². The van der Waals surface area contributed by atoms with Gasteiger partial charge >= 0.3 is 0 Å². The van der Waals surface area contributed by atoms with Crippen LogP contribution in [0.4, 0.5) is 0 Å². The number of alkyl halides is 2. The average molecular weight is 392 g/mol. The Morgan fingerprint density at radius 3 is 2.84 bits per heavy atom. The third-order valence-electron chi connectivity index (χ3n) is 3.82. The Morgan fingerprint density at radius 2 is 2.16 bits per heavy atom. The Labute approximate surface area is 132 Å². The minimum Gasteiger partial charge on any atom is -0.371 e. The summed E-state index contributed by atoms with van der Waals surface area (Å²) in [7, 11) is 0. The molecular weight excluding hydrogens is 372 g/mol. The Hall–Kier alpha value is 0.180. The van der Waals surface area contributed by atoms with Gasteiger partial charge in [0.05, 0.1) is 24.4 Å². The van der Waals surface area contributed by atoms with Crippen LogP contribution in [0.2, 0.25) is 0 Å². The first-order valence-electron chi connectivity index (χ1n) is 6.85. The first-order valence-corrected chi connectivity index (χ1v) is 8.69. The minimum atomic E-state index is 0.133. The van der Waals surface area contributed by atoms with E-state index in [2.05, 4.69) is 44.7 Å². The summed E-state index contributed by atoms with van der Waals surface area (Å²) >= 11 is 7.49. The van der Waals surface area contributed by atoms with Crippen LogP contribution in [0.1, 0.15) is 32.6 Å². The second-order valence-electron chi connectivity index (χ2n) is 5.14. The Bertz CT molecular complexity index is 364. The molecular formula is C15H20Br2O2. The largest absolute Gasteiger partial charge is 0.371 e. The van der Waals surface area contributed by atoms with Gasteiger partial charge in [0.15, 0.2) is 0 Å². The zero-order chi connectivity index (χ0) is 13.8.